The van der Waals surface area contributed by atoms with E-state index in [9.17, 15) is 0 Å². The number of para-hydroxylation sites is 2. The molecule has 3 aromatic rings. The third-order valence-electron chi connectivity index (χ3n) is 4.60. The number of aromatic nitrogens is 2. The maximum atomic E-state index is 4.65. The van der Waals surface area contributed by atoms with Crippen LogP contribution in [-0.4, -0.2) is 36.1 Å². The van der Waals surface area contributed by atoms with Crippen molar-refractivity contribution in [1.82, 2.24) is 9.97 Å². The molecule has 4 rings (SSSR count). The summed E-state index contributed by atoms with van der Waals surface area (Å²) < 4.78 is 0. The zero-order chi connectivity index (χ0) is 17.8. The van der Waals surface area contributed by atoms with Crippen LogP contribution in [0.25, 0.3) is 0 Å². The lowest BCUT2D eigenvalue weighted by molar-refractivity contribution is 0.646. The summed E-state index contributed by atoms with van der Waals surface area (Å²) >= 11 is 0. The fourth-order valence-corrected chi connectivity index (χ4v) is 3.28. The Balaban J connectivity index is 1.46. The molecular formula is C21H23N5. The van der Waals surface area contributed by atoms with Gasteiger partial charge in [-0.2, -0.15) is 0 Å². The molecular weight excluding hydrogens is 322 g/mol. The summed E-state index contributed by atoms with van der Waals surface area (Å²) in [6.45, 7) is 5.84. The molecule has 2 aromatic carbocycles. The van der Waals surface area contributed by atoms with E-state index < -0.39 is 0 Å². The van der Waals surface area contributed by atoms with Crippen molar-refractivity contribution >= 4 is 23.0 Å². The van der Waals surface area contributed by atoms with Crippen LogP contribution in [0.1, 0.15) is 5.82 Å². The quantitative estimate of drug-likeness (QED) is 0.778. The van der Waals surface area contributed by atoms with Gasteiger partial charge in [-0.15, -0.1) is 0 Å². The molecule has 1 aliphatic rings. The molecule has 2 heterocycles. The Bertz CT molecular complexity index is 843. The number of nitrogens with zero attached hydrogens (tertiary/aromatic N) is 4. The van der Waals surface area contributed by atoms with E-state index in [1.54, 1.807) is 0 Å². The number of anilines is 4. The summed E-state index contributed by atoms with van der Waals surface area (Å²) in [6, 6.07) is 22.7. The monoisotopic (exact) mass is 345 g/mol. The maximum absolute atomic E-state index is 4.65. The van der Waals surface area contributed by atoms with Crippen LogP contribution in [0, 0.1) is 6.92 Å². The van der Waals surface area contributed by atoms with Crippen molar-refractivity contribution in [1.29, 1.82) is 0 Å². The second-order valence-corrected chi connectivity index (χ2v) is 6.46. The van der Waals surface area contributed by atoms with E-state index in [1.807, 2.05) is 43.3 Å². The normalized spacial score (nSPS) is 14.3. The van der Waals surface area contributed by atoms with Gasteiger partial charge in [-0.3, -0.25) is 0 Å². The van der Waals surface area contributed by atoms with Crippen molar-refractivity contribution in [2.45, 2.75) is 6.92 Å². The van der Waals surface area contributed by atoms with Gasteiger partial charge in [0.25, 0.3) is 0 Å². The lowest BCUT2D eigenvalue weighted by Gasteiger charge is -2.36. The highest BCUT2D eigenvalue weighted by atomic mass is 15.3. The van der Waals surface area contributed by atoms with Crippen molar-refractivity contribution < 1.29 is 0 Å². The van der Waals surface area contributed by atoms with Crippen LogP contribution < -0.4 is 15.1 Å². The van der Waals surface area contributed by atoms with Gasteiger partial charge in [-0.25, -0.2) is 9.97 Å². The average Bonchev–Trinajstić information content (AvgIpc) is 2.69. The summed E-state index contributed by atoms with van der Waals surface area (Å²) in [7, 11) is 0. The van der Waals surface area contributed by atoms with Gasteiger partial charge in [0.2, 0.25) is 0 Å². The fourth-order valence-electron chi connectivity index (χ4n) is 3.28. The van der Waals surface area contributed by atoms with E-state index in [-0.39, 0.29) is 0 Å². The fraction of sp³-hybridized carbons (Fsp3) is 0.238. The summed E-state index contributed by atoms with van der Waals surface area (Å²) in [5, 5.41) is 3.37. The minimum absolute atomic E-state index is 0.784. The van der Waals surface area contributed by atoms with Crippen molar-refractivity contribution in [2.75, 3.05) is 41.3 Å². The Kier molecular flexibility index (Phi) is 4.69. The van der Waals surface area contributed by atoms with E-state index in [1.165, 1.54) is 5.69 Å². The highest BCUT2D eigenvalue weighted by Crippen LogP contribution is 2.22. The Morgan fingerprint density at radius 2 is 1.38 bits per heavy atom. The van der Waals surface area contributed by atoms with Crippen LogP contribution in [0.4, 0.5) is 23.0 Å². The zero-order valence-electron chi connectivity index (χ0n) is 15.0. The number of rotatable bonds is 4. The predicted octanol–water partition coefficient (Wildman–Crippen LogP) is 3.86. The summed E-state index contributed by atoms with van der Waals surface area (Å²) in [5.41, 5.74) is 2.32. The van der Waals surface area contributed by atoms with Crippen molar-refractivity contribution in [3.8, 4) is 0 Å². The average molecular weight is 345 g/mol. The highest BCUT2D eigenvalue weighted by Gasteiger charge is 2.19. The zero-order valence-corrected chi connectivity index (χ0v) is 15.0. The molecule has 0 unspecified atom stereocenters. The van der Waals surface area contributed by atoms with Gasteiger partial charge in [0.1, 0.15) is 17.5 Å². The molecule has 1 fully saturated rings. The first kappa shape index (κ1) is 16.4. The lowest BCUT2D eigenvalue weighted by Crippen LogP contribution is -2.46. The minimum atomic E-state index is 0.784. The molecule has 0 saturated carbocycles. The van der Waals surface area contributed by atoms with E-state index >= 15 is 0 Å². The van der Waals surface area contributed by atoms with Crippen molar-refractivity contribution in [2.24, 2.45) is 0 Å². The molecule has 1 aliphatic heterocycles. The van der Waals surface area contributed by atoms with Gasteiger partial charge in [-0.1, -0.05) is 36.4 Å². The van der Waals surface area contributed by atoms with E-state index in [2.05, 4.69) is 55.4 Å². The summed E-state index contributed by atoms with van der Waals surface area (Å²) in [6.07, 6.45) is 0. The second-order valence-electron chi connectivity index (χ2n) is 6.46. The molecule has 0 aliphatic carbocycles. The first-order chi connectivity index (χ1) is 12.8. The van der Waals surface area contributed by atoms with E-state index in [0.717, 1.165) is 49.3 Å². The topological polar surface area (TPSA) is 44.3 Å². The van der Waals surface area contributed by atoms with E-state index in [4.69, 9.17) is 0 Å². The molecule has 0 radical (unpaired) electrons. The van der Waals surface area contributed by atoms with Gasteiger partial charge in [0.15, 0.2) is 0 Å². The Morgan fingerprint density at radius 1 is 0.769 bits per heavy atom. The van der Waals surface area contributed by atoms with Gasteiger partial charge >= 0.3 is 0 Å². The van der Waals surface area contributed by atoms with Gasteiger partial charge in [0, 0.05) is 43.6 Å². The lowest BCUT2D eigenvalue weighted by atomic mass is 10.2. The van der Waals surface area contributed by atoms with Crippen LogP contribution in [0.5, 0.6) is 0 Å². The number of piperazine rings is 1. The molecule has 1 saturated heterocycles. The standard InChI is InChI=1S/C21H23N5/c1-17-22-20(24-18-8-4-2-5-9-18)16-21(23-17)26-14-12-25(13-15-26)19-10-6-3-7-11-19/h2-11,16H,12-15H2,1H3,(H,22,23,24). The molecule has 1 aromatic heterocycles. The molecule has 132 valence electrons. The SMILES string of the molecule is Cc1nc(Nc2ccccc2)cc(N2CCN(c3ccccc3)CC2)n1. The molecule has 26 heavy (non-hydrogen) atoms. The molecule has 0 atom stereocenters. The third kappa shape index (κ3) is 3.77. The van der Waals surface area contributed by atoms with Crippen molar-refractivity contribution in [3.63, 3.8) is 0 Å². The van der Waals surface area contributed by atoms with Crippen LogP contribution in [0.15, 0.2) is 66.7 Å². The maximum Gasteiger partial charge on any atom is 0.136 e. The molecule has 5 heteroatoms. The summed E-state index contributed by atoms with van der Waals surface area (Å²) in [4.78, 5) is 13.9. The first-order valence-corrected chi connectivity index (χ1v) is 9.01. The Labute approximate surface area is 154 Å². The summed E-state index contributed by atoms with van der Waals surface area (Å²) in [5.74, 6) is 2.61. The molecule has 0 bridgehead atoms. The van der Waals surface area contributed by atoms with E-state index in [0.29, 0.717) is 0 Å². The van der Waals surface area contributed by atoms with Crippen LogP contribution in [-0.2, 0) is 0 Å². The second kappa shape index (κ2) is 7.44. The Morgan fingerprint density at radius 3 is 2.08 bits per heavy atom. The number of aryl methyl sites for hydroxylation is 1. The molecule has 0 spiro atoms. The third-order valence-corrected chi connectivity index (χ3v) is 4.60. The van der Waals surface area contributed by atoms with Gasteiger partial charge < -0.3 is 15.1 Å². The molecule has 1 N–H and O–H groups in total. The number of nitrogens with one attached hydrogen (secondary N) is 1. The molecule has 0 amide bonds. The smallest absolute Gasteiger partial charge is 0.136 e. The largest absolute Gasteiger partial charge is 0.368 e. The Hall–Kier alpha value is -3.08. The van der Waals surface area contributed by atoms with Gasteiger partial charge in [0.05, 0.1) is 0 Å². The minimum Gasteiger partial charge on any atom is -0.368 e. The van der Waals surface area contributed by atoms with Crippen LogP contribution >= 0.6 is 0 Å². The van der Waals surface area contributed by atoms with Crippen molar-refractivity contribution in [3.05, 3.63) is 72.6 Å². The predicted molar refractivity (Wildman–Crippen MR) is 107 cm³/mol. The highest BCUT2D eigenvalue weighted by molar-refractivity contribution is 5.60. The van der Waals surface area contributed by atoms with Crippen LogP contribution in [0.3, 0.4) is 0 Å². The molecule has 5 nitrogen and oxygen atoms in total. The van der Waals surface area contributed by atoms with Crippen LogP contribution in [0.2, 0.25) is 0 Å². The first-order valence-electron chi connectivity index (χ1n) is 9.01. The van der Waals surface area contributed by atoms with Gasteiger partial charge in [-0.05, 0) is 31.2 Å². The number of hydrogen-bond donors (Lipinski definition) is 1. The number of hydrogen-bond acceptors (Lipinski definition) is 5. The number of benzene rings is 2.